The zero-order valence-corrected chi connectivity index (χ0v) is 21.8. The number of carbonyl (C=O) groups is 1. The van der Waals surface area contributed by atoms with E-state index >= 15 is 0 Å². The van der Waals surface area contributed by atoms with Crippen molar-refractivity contribution in [3.63, 3.8) is 0 Å². The molecule has 6 heteroatoms. The van der Waals surface area contributed by atoms with Gasteiger partial charge in [0.25, 0.3) is 0 Å². The summed E-state index contributed by atoms with van der Waals surface area (Å²) in [4.78, 5) is 13.1. The molecule has 6 nitrogen and oxygen atoms in total. The fourth-order valence-corrected chi connectivity index (χ4v) is 5.18. The van der Waals surface area contributed by atoms with Crippen LogP contribution >= 0.6 is 0 Å². The molecule has 194 valence electrons. The summed E-state index contributed by atoms with van der Waals surface area (Å²) in [6.45, 7) is 13.5. The van der Waals surface area contributed by atoms with Crippen LogP contribution in [0.25, 0.3) is 0 Å². The Morgan fingerprint density at radius 1 is 1.11 bits per heavy atom. The Morgan fingerprint density at radius 3 is 2.43 bits per heavy atom. The molecule has 35 heavy (non-hydrogen) atoms. The van der Waals surface area contributed by atoms with E-state index in [4.69, 9.17) is 4.74 Å². The van der Waals surface area contributed by atoms with Gasteiger partial charge in [-0.15, -0.1) is 10.2 Å². The van der Waals surface area contributed by atoms with Crippen molar-refractivity contribution < 1.29 is 9.53 Å². The molecule has 0 bridgehead atoms. The maximum Gasteiger partial charge on any atom is 0.227 e. The Labute approximate surface area is 212 Å². The second-order valence-electron chi connectivity index (χ2n) is 11.5. The molecule has 2 aliphatic carbocycles. The van der Waals surface area contributed by atoms with Crippen LogP contribution in [0.4, 0.5) is 5.69 Å². The van der Waals surface area contributed by atoms with E-state index in [1.807, 2.05) is 19.1 Å². The van der Waals surface area contributed by atoms with E-state index in [-0.39, 0.29) is 25.9 Å². The quantitative estimate of drug-likeness (QED) is 0.369. The van der Waals surface area contributed by atoms with E-state index in [1.54, 1.807) is 0 Å². The molecule has 2 fully saturated rings. The van der Waals surface area contributed by atoms with Gasteiger partial charge in [0.15, 0.2) is 5.82 Å². The molecule has 4 rings (SSSR count). The zero-order valence-electron chi connectivity index (χ0n) is 21.8. The molecule has 0 aliphatic heterocycles. The Balaban J connectivity index is 0.00000342. The second-order valence-corrected chi connectivity index (χ2v) is 11.5. The highest BCUT2D eigenvalue weighted by Gasteiger charge is 2.40. The molecule has 1 atom stereocenters. The largest absolute Gasteiger partial charge is 0.369 e. The number of carbonyl (C=O) groups excluding carboxylic acids is 1. The van der Waals surface area contributed by atoms with E-state index in [9.17, 15) is 4.79 Å². The summed E-state index contributed by atoms with van der Waals surface area (Å²) >= 11 is 0. The lowest BCUT2D eigenvalue weighted by molar-refractivity contribution is -0.119. The zero-order chi connectivity index (χ0) is 24.4. The minimum atomic E-state index is -0.387. The summed E-state index contributed by atoms with van der Waals surface area (Å²) < 4.78 is 8.64. The lowest BCUT2D eigenvalue weighted by Crippen LogP contribution is -2.27. The van der Waals surface area contributed by atoms with E-state index in [1.165, 1.54) is 24.8 Å². The first-order valence-corrected chi connectivity index (χ1v) is 13.1. The number of rotatable bonds is 11. The molecule has 2 aromatic rings. The maximum atomic E-state index is 13.1. The van der Waals surface area contributed by atoms with Crippen LogP contribution in [0.3, 0.4) is 0 Å². The van der Waals surface area contributed by atoms with Crippen LogP contribution in [-0.2, 0) is 9.53 Å². The summed E-state index contributed by atoms with van der Waals surface area (Å²) in [6.07, 6.45) is 5.87. The predicted molar refractivity (Wildman–Crippen MR) is 143 cm³/mol. The molecule has 0 spiro atoms. The maximum absolute atomic E-state index is 13.1. The normalized spacial score (nSPS) is 20.5. The Bertz CT molecular complexity index is 987. The third-order valence-electron chi connectivity index (χ3n) is 7.01. The van der Waals surface area contributed by atoms with Crippen molar-refractivity contribution in [2.24, 2.45) is 17.8 Å². The van der Waals surface area contributed by atoms with Crippen LogP contribution in [-0.4, -0.2) is 27.3 Å². The minimum Gasteiger partial charge on any atom is -0.369 e. The number of hydrogen-bond acceptors (Lipinski definition) is 4. The molecule has 1 heterocycles. The Kier molecular flexibility index (Phi) is 9.14. The summed E-state index contributed by atoms with van der Waals surface area (Å²) in [6, 6.07) is 6.54. The first kappa shape index (κ1) is 27.4. The number of nitrogens with zero attached hydrogens (tertiary/aromatic N) is 3. The second kappa shape index (κ2) is 11.7. The number of benzene rings is 1. The number of nitrogens with one attached hydrogen (secondary N) is 1. The van der Waals surface area contributed by atoms with Crippen molar-refractivity contribution >= 4 is 11.6 Å². The van der Waals surface area contributed by atoms with Gasteiger partial charge in [0.1, 0.15) is 11.9 Å². The van der Waals surface area contributed by atoms with Crippen LogP contribution in [0, 0.1) is 31.6 Å². The van der Waals surface area contributed by atoms with Crippen LogP contribution in [0.15, 0.2) is 18.2 Å². The van der Waals surface area contributed by atoms with Crippen LogP contribution in [0.5, 0.6) is 0 Å². The number of hydrogen-bond donors (Lipinski definition) is 1. The molecule has 0 saturated heterocycles. The average Bonchev–Trinajstić information content (AvgIpc) is 3.48. The highest BCUT2D eigenvalue weighted by atomic mass is 16.5. The first-order chi connectivity index (χ1) is 16.2. The molecule has 1 N–H and O–H groups in total. The lowest BCUT2D eigenvalue weighted by Gasteiger charge is -2.36. The van der Waals surface area contributed by atoms with Gasteiger partial charge in [-0.2, -0.15) is 0 Å². The van der Waals surface area contributed by atoms with E-state index in [0.29, 0.717) is 24.5 Å². The molecule has 0 radical (unpaired) electrons. The molecule has 1 aromatic heterocycles. The lowest BCUT2D eigenvalue weighted by atomic mass is 9.71. The van der Waals surface area contributed by atoms with Crippen molar-refractivity contribution in [2.45, 2.75) is 106 Å². The highest BCUT2D eigenvalue weighted by molar-refractivity contribution is 5.91. The van der Waals surface area contributed by atoms with Crippen molar-refractivity contribution in [1.29, 1.82) is 0 Å². The van der Waals surface area contributed by atoms with Crippen molar-refractivity contribution in [2.75, 3.05) is 11.9 Å². The number of aryl methyl sites for hydroxylation is 2. The van der Waals surface area contributed by atoms with Crippen molar-refractivity contribution in [1.82, 2.24) is 14.8 Å². The van der Waals surface area contributed by atoms with Gasteiger partial charge in [-0.25, -0.2) is 0 Å². The van der Waals surface area contributed by atoms with Gasteiger partial charge in [0.05, 0.1) is 6.42 Å². The topological polar surface area (TPSA) is 69.0 Å². The number of anilines is 1. The van der Waals surface area contributed by atoms with Gasteiger partial charge < -0.3 is 14.6 Å². The van der Waals surface area contributed by atoms with Crippen LogP contribution < -0.4 is 5.32 Å². The number of aromatic nitrogens is 3. The fraction of sp³-hybridized carbons (Fsp3) is 0.690. The van der Waals surface area contributed by atoms with E-state index < -0.39 is 0 Å². The van der Waals surface area contributed by atoms with Gasteiger partial charge >= 0.3 is 0 Å². The standard InChI is InChI=1S/C28H42N4O2.CH4/c1-17(2)11-21-13-22(14-21)27-30-31-28(32(27)23-8-9-23)25(34-16-18(3)4)15-26(33)29-24-10-7-19(5)12-20(24)6;/h7,10,12,17-18,21-23,25H,8-9,11,13-16H2,1-6H3,(H,29,33);1H4/t21?,22?,25-;/m0./s1. The van der Waals surface area contributed by atoms with Gasteiger partial charge in [-0.05, 0) is 75.3 Å². The molecule has 0 unspecified atom stereocenters. The van der Waals surface area contributed by atoms with Crippen molar-refractivity contribution in [3.8, 4) is 0 Å². The van der Waals surface area contributed by atoms with Gasteiger partial charge in [0.2, 0.25) is 5.91 Å². The predicted octanol–water partition coefficient (Wildman–Crippen LogP) is 7.15. The smallest absolute Gasteiger partial charge is 0.227 e. The van der Waals surface area contributed by atoms with Crippen LogP contribution in [0.2, 0.25) is 0 Å². The third-order valence-corrected chi connectivity index (χ3v) is 7.01. The first-order valence-electron chi connectivity index (χ1n) is 13.1. The SMILES string of the molecule is C.Cc1ccc(NC(=O)C[C@H](OCC(C)C)c2nnc(C3CC(CC(C)C)C3)n2C2CC2)c(C)c1. The van der Waals surface area contributed by atoms with E-state index in [0.717, 1.165) is 47.6 Å². The monoisotopic (exact) mass is 482 g/mol. The molecule has 1 aromatic carbocycles. The summed E-state index contributed by atoms with van der Waals surface area (Å²) in [5.41, 5.74) is 3.11. The molecule has 1 amide bonds. The summed E-state index contributed by atoms with van der Waals surface area (Å²) in [5, 5.41) is 12.4. The average molecular weight is 483 g/mol. The number of ether oxygens (including phenoxy) is 1. The van der Waals surface area contributed by atoms with Crippen LogP contribution in [0.1, 0.15) is 114 Å². The Hall–Kier alpha value is -2.21. The molecule has 2 saturated carbocycles. The summed E-state index contributed by atoms with van der Waals surface area (Å²) in [7, 11) is 0. The third kappa shape index (κ3) is 6.93. The van der Waals surface area contributed by atoms with E-state index in [2.05, 4.69) is 60.8 Å². The molecular formula is C29H46N4O2. The number of amides is 1. The summed E-state index contributed by atoms with van der Waals surface area (Å²) in [5.74, 6) is 4.31. The fourth-order valence-electron chi connectivity index (χ4n) is 5.18. The minimum absolute atomic E-state index is 0. The molecule has 2 aliphatic rings. The van der Waals surface area contributed by atoms with Gasteiger partial charge in [-0.1, -0.05) is 52.8 Å². The highest BCUT2D eigenvalue weighted by Crippen LogP contribution is 2.47. The van der Waals surface area contributed by atoms with Crippen molar-refractivity contribution in [3.05, 3.63) is 41.0 Å². The van der Waals surface area contributed by atoms with Gasteiger partial charge in [-0.3, -0.25) is 4.79 Å². The Morgan fingerprint density at radius 2 is 1.83 bits per heavy atom. The van der Waals surface area contributed by atoms with Gasteiger partial charge in [0, 0.05) is 24.3 Å². The molecular weight excluding hydrogens is 436 g/mol.